The quantitative estimate of drug-likeness (QED) is 0.420. The summed E-state index contributed by atoms with van der Waals surface area (Å²) < 4.78 is 6.79. The lowest BCUT2D eigenvalue weighted by molar-refractivity contribution is -0.141. The second-order valence-electron chi connectivity index (χ2n) is 8.05. The van der Waals surface area contributed by atoms with Crippen LogP contribution >= 0.6 is 0 Å². The molecule has 0 saturated heterocycles. The normalized spacial score (nSPS) is 14.0. The monoisotopic (exact) mass is 464 g/mol. The van der Waals surface area contributed by atoms with Gasteiger partial charge in [0.25, 0.3) is 5.91 Å². The Morgan fingerprint density at radius 1 is 1.09 bits per heavy atom. The maximum Gasteiger partial charge on any atom is 0.411 e. The average Bonchev–Trinajstić information content (AvgIpc) is 3.33. The number of ether oxygens (including phenoxy) is 1. The predicted octanol–water partition coefficient (Wildman–Crippen LogP) is 2.34. The molecular weight excluding hydrogens is 440 g/mol. The van der Waals surface area contributed by atoms with Gasteiger partial charge in [0.1, 0.15) is 6.61 Å². The third-order valence-corrected chi connectivity index (χ3v) is 5.66. The molecule has 1 aromatic heterocycles. The van der Waals surface area contributed by atoms with Crippen molar-refractivity contribution < 1.29 is 29.3 Å². The van der Waals surface area contributed by atoms with Crippen LogP contribution in [0.3, 0.4) is 0 Å². The van der Waals surface area contributed by atoms with Crippen molar-refractivity contribution in [3.8, 4) is 11.1 Å². The molecule has 0 spiro atoms. The van der Waals surface area contributed by atoms with Crippen LogP contribution in [0.25, 0.3) is 11.1 Å². The van der Waals surface area contributed by atoms with Crippen LogP contribution in [0.1, 0.15) is 34.5 Å². The van der Waals surface area contributed by atoms with Crippen molar-refractivity contribution in [2.45, 2.75) is 25.0 Å². The summed E-state index contributed by atoms with van der Waals surface area (Å²) in [5.74, 6) is -2.38. The number of aliphatic carboxylic acids is 1. The van der Waals surface area contributed by atoms with Gasteiger partial charge in [-0.1, -0.05) is 48.5 Å². The fourth-order valence-electron chi connectivity index (χ4n) is 4.09. The van der Waals surface area contributed by atoms with Gasteiger partial charge in [0.05, 0.1) is 11.8 Å². The molecule has 1 aliphatic carbocycles. The Hall–Kier alpha value is -4.18. The maximum atomic E-state index is 12.6. The van der Waals surface area contributed by atoms with Gasteiger partial charge in [-0.15, -0.1) is 0 Å². The molecule has 4 N–H and O–H groups in total. The first kappa shape index (κ1) is 23.0. The fraction of sp³-hybridized carbons (Fsp3) is 0.250. The summed E-state index contributed by atoms with van der Waals surface area (Å²) >= 11 is 0. The Balaban J connectivity index is 1.46. The molecule has 0 bridgehead atoms. The number of aryl methyl sites for hydroxylation is 1. The van der Waals surface area contributed by atoms with Gasteiger partial charge in [-0.05, 0) is 29.2 Å². The number of aliphatic hydroxyl groups is 1. The van der Waals surface area contributed by atoms with Gasteiger partial charge in [0, 0.05) is 19.2 Å². The van der Waals surface area contributed by atoms with E-state index in [9.17, 15) is 24.6 Å². The van der Waals surface area contributed by atoms with Crippen LogP contribution in [0.4, 0.5) is 10.5 Å². The third kappa shape index (κ3) is 4.48. The van der Waals surface area contributed by atoms with Crippen LogP contribution in [0, 0.1) is 0 Å². The van der Waals surface area contributed by atoms with Gasteiger partial charge in [0.2, 0.25) is 0 Å². The van der Waals surface area contributed by atoms with Crippen LogP contribution in [0.15, 0.2) is 54.7 Å². The van der Waals surface area contributed by atoms with E-state index < -0.39 is 30.1 Å². The van der Waals surface area contributed by atoms with Crippen molar-refractivity contribution >= 4 is 23.7 Å². The molecule has 1 aliphatic rings. The van der Waals surface area contributed by atoms with Crippen molar-refractivity contribution in [3.63, 3.8) is 0 Å². The van der Waals surface area contributed by atoms with Gasteiger partial charge < -0.3 is 20.3 Å². The van der Waals surface area contributed by atoms with Gasteiger partial charge in [-0.3, -0.25) is 14.8 Å². The number of nitrogens with one attached hydrogen (secondary N) is 2. The molecule has 1 heterocycles. The summed E-state index contributed by atoms with van der Waals surface area (Å²) in [5.41, 5.74) is 4.18. The van der Waals surface area contributed by atoms with Gasteiger partial charge in [-0.2, -0.15) is 5.10 Å². The van der Waals surface area contributed by atoms with E-state index in [2.05, 4.69) is 15.7 Å². The van der Waals surface area contributed by atoms with E-state index in [-0.39, 0.29) is 23.9 Å². The van der Waals surface area contributed by atoms with E-state index >= 15 is 0 Å². The Morgan fingerprint density at radius 2 is 1.68 bits per heavy atom. The lowest BCUT2D eigenvalue weighted by atomic mass is 9.98. The van der Waals surface area contributed by atoms with Gasteiger partial charge in [-0.25, -0.2) is 9.59 Å². The summed E-state index contributed by atoms with van der Waals surface area (Å²) in [4.78, 5) is 36.4. The number of carboxylic acid groups (broad SMARTS) is 1. The smallest absolute Gasteiger partial charge is 0.411 e. The highest BCUT2D eigenvalue weighted by atomic mass is 16.5. The number of benzene rings is 2. The number of carboxylic acids is 1. The summed E-state index contributed by atoms with van der Waals surface area (Å²) in [6.07, 6.45) is -0.716. The van der Waals surface area contributed by atoms with E-state index in [1.165, 1.54) is 17.8 Å². The largest absolute Gasteiger partial charge is 0.480 e. The highest BCUT2D eigenvalue weighted by Gasteiger charge is 2.30. The molecule has 0 radical (unpaired) electrons. The molecule has 0 saturated carbocycles. The Morgan fingerprint density at radius 3 is 2.24 bits per heavy atom. The van der Waals surface area contributed by atoms with Crippen LogP contribution in [-0.4, -0.2) is 56.7 Å². The van der Waals surface area contributed by atoms with E-state index in [0.29, 0.717) is 0 Å². The van der Waals surface area contributed by atoms with Gasteiger partial charge in [0.15, 0.2) is 11.7 Å². The number of hydrogen-bond donors (Lipinski definition) is 4. The molecule has 10 nitrogen and oxygen atoms in total. The van der Waals surface area contributed by atoms with Crippen LogP contribution in [0.2, 0.25) is 0 Å². The zero-order valence-electron chi connectivity index (χ0n) is 18.6. The van der Waals surface area contributed by atoms with Crippen molar-refractivity contribution in [1.29, 1.82) is 0 Å². The maximum absolute atomic E-state index is 12.6. The number of carbonyl (C=O) groups excluding carboxylic acids is 2. The molecule has 34 heavy (non-hydrogen) atoms. The molecule has 2 amide bonds. The zero-order chi connectivity index (χ0) is 24.4. The van der Waals surface area contributed by atoms with E-state index in [4.69, 9.17) is 4.74 Å². The van der Waals surface area contributed by atoms with Crippen LogP contribution in [0.5, 0.6) is 0 Å². The number of aliphatic hydroxyl groups excluding tert-OH is 1. The second kappa shape index (κ2) is 9.36. The standard InChI is InChI=1S/C24H24N4O6/c1-13(29)20(23(31)32)26-22(30)21-19(11-28(2)27-21)25-24(33)34-12-18-16-9-5-3-7-14(16)15-8-4-6-10-17(15)18/h3-11,13,18,20,29H,12H2,1-2H3,(H,25,33)(H,26,30)(H,31,32). The number of rotatable bonds is 7. The molecule has 2 atom stereocenters. The topological polar surface area (TPSA) is 143 Å². The summed E-state index contributed by atoms with van der Waals surface area (Å²) in [6.45, 7) is 1.33. The number of hydrogen-bond acceptors (Lipinski definition) is 6. The minimum atomic E-state index is -1.53. The molecule has 0 aliphatic heterocycles. The number of nitrogens with zero attached hydrogens (tertiary/aromatic N) is 2. The SMILES string of the molecule is CC(O)C(NC(=O)c1nn(C)cc1NC(=O)OCC1c2ccccc2-c2ccccc21)C(=O)O. The molecule has 2 unspecified atom stereocenters. The molecular formula is C24H24N4O6. The molecule has 0 fully saturated rings. The number of fused-ring (bicyclic) bond motifs is 3. The first-order valence-electron chi connectivity index (χ1n) is 10.6. The Kier molecular flexibility index (Phi) is 6.33. The van der Waals surface area contributed by atoms with Crippen molar-refractivity contribution in [2.75, 3.05) is 11.9 Å². The second-order valence-corrected chi connectivity index (χ2v) is 8.05. The molecule has 3 aromatic rings. The average molecular weight is 464 g/mol. The summed E-state index contributed by atoms with van der Waals surface area (Å²) in [5, 5.41) is 27.5. The highest BCUT2D eigenvalue weighted by Crippen LogP contribution is 2.44. The van der Waals surface area contributed by atoms with Crippen molar-refractivity contribution in [2.24, 2.45) is 7.05 Å². The zero-order valence-corrected chi connectivity index (χ0v) is 18.6. The minimum absolute atomic E-state index is 0.0481. The van der Waals surface area contributed by atoms with Gasteiger partial charge >= 0.3 is 12.1 Å². The number of carbonyl (C=O) groups is 3. The summed E-state index contributed by atoms with van der Waals surface area (Å²) in [6, 6.07) is 14.4. The molecule has 10 heteroatoms. The number of amides is 2. The van der Waals surface area contributed by atoms with Crippen molar-refractivity contribution in [3.05, 3.63) is 71.5 Å². The lowest BCUT2D eigenvalue weighted by Gasteiger charge is -2.17. The Labute approximate surface area is 195 Å². The Bertz CT molecular complexity index is 1210. The third-order valence-electron chi connectivity index (χ3n) is 5.66. The molecule has 176 valence electrons. The van der Waals surface area contributed by atoms with E-state index in [1.54, 1.807) is 7.05 Å². The van der Waals surface area contributed by atoms with Crippen molar-refractivity contribution in [1.82, 2.24) is 15.1 Å². The minimum Gasteiger partial charge on any atom is -0.480 e. The predicted molar refractivity (Wildman–Crippen MR) is 122 cm³/mol. The number of anilines is 1. The first-order valence-corrected chi connectivity index (χ1v) is 10.6. The fourth-order valence-corrected chi connectivity index (χ4v) is 4.09. The van der Waals surface area contributed by atoms with Crippen LogP contribution < -0.4 is 10.6 Å². The molecule has 4 rings (SSSR count). The lowest BCUT2D eigenvalue weighted by Crippen LogP contribution is -2.47. The van der Waals surface area contributed by atoms with E-state index in [0.717, 1.165) is 22.3 Å². The number of aromatic nitrogens is 2. The highest BCUT2D eigenvalue weighted by molar-refractivity contribution is 6.02. The molecule has 2 aromatic carbocycles. The summed E-state index contributed by atoms with van der Waals surface area (Å²) in [7, 11) is 1.54. The van der Waals surface area contributed by atoms with Crippen LogP contribution in [-0.2, 0) is 16.6 Å². The van der Waals surface area contributed by atoms with E-state index in [1.807, 2.05) is 48.5 Å². The first-order chi connectivity index (χ1) is 16.3.